The first-order valence-corrected chi connectivity index (χ1v) is 11.2. The molecule has 0 aliphatic carbocycles. The molecule has 11 nitrogen and oxygen atoms in total. The molecule has 4 heterocycles. The minimum atomic E-state index is -2.94. The molecule has 4 aliphatic heterocycles. The van der Waals surface area contributed by atoms with Gasteiger partial charge in [0.25, 0.3) is 0 Å². The molecule has 0 aromatic heterocycles. The predicted octanol–water partition coefficient (Wildman–Crippen LogP) is -2.02. The van der Waals surface area contributed by atoms with E-state index in [0.717, 1.165) is 0 Å². The van der Waals surface area contributed by atoms with Crippen LogP contribution in [0.1, 0.15) is 6.42 Å². The zero-order valence-corrected chi connectivity index (χ0v) is 16.3. The van der Waals surface area contributed by atoms with Gasteiger partial charge >= 0.3 is 162 Å². The Balaban J connectivity index is 1.48. The Morgan fingerprint density at radius 1 is 1.59 bits per heavy atom. The maximum absolute atomic E-state index is 10.9. The Labute approximate surface area is 162 Å². The summed E-state index contributed by atoms with van der Waals surface area (Å²) in [6.07, 6.45) is -2.95. The van der Waals surface area contributed by atoms with Crippen LogP contribution >= 0.6 is 19.4 Å². The molecule has 4 rings (SSSR count). The Bertz CT molecular complexity index is 724. The molecular weight excluding hydrogens is 397 g/mol. The van der Waals surface area contributed by atoms with Crippen molar-refractivity contribution >= 4 is 32.3 Å². The minimum absolute atomic E-state index is 0.172. The summed E-state index contributed by atoms with van der Waals surface area (Å²) in [4.78, 5) is 6.04. The van der Waals surface area contributed by atoms with Crippen molar-refractivity contribution in [2.24, 2.45) is 10.7 Å². The molecule has 0 spiro atoms. The molecule has 14 heteroatoms. The number of aliphatic hydroxyl groups excluding tert-OH is 1. The molecule has 0 radical (unpaired) electrons. The predicted molar refractivity (Wildman–Crippen MR) is 99.8 cm³/mol. The molecule has 1 unspecified atom stereocenters. The van der Waals surface area contributed by atoms with E-state index in [1.165, 1.54) is 0 Å². The topological polar surface area (TPSA) is 147 Å². The maximum atomic E-state index is 10.9. The van der Waals surface area contributed by atoms with E-state index in [9.17, 15) is 5.11 Å². The first kappa shape index (κ1) is 19.2. The third-order valence-electron chi connectivity index (χ3n) is 4.80. The van der Waals surface area contributed by atoms with Crippen molar-refractivity contribution in [1.29, 1.82) is 5.26 Å². The number of fused-ring (bicyclic) bond motifs is 1. The van der Waals surface area contributed by atoms with E-state index in [-0.39, 0.29) is 24.9 Å². The van der Waals surface area contributed by atoms with Crippen molar-refractivity contribution in [2.45, 2.75) is 37.1 Å². The average Bonchev–Trinajstić information content (AvgIpc) is 3.17. The third kappa shape index (κ3) is 3.50. The quantitative estimate of drug-likeness (QED) is 0.174. The van der Waals surface area contributed by atoms with Crippen LogP contribution in [0.15, 0.2) is 16.5 Å². The van der Waals surface area contributed by atoms with E-state index in [2.05, 4.69) is 15.6 Å². The van der Waals surface area contributed by atoms with E-state index >= 15 is 0 Å². The van der Waals surface area contributed by atoms with Crippen LogP contribution in [0.2, 0.25) is 0 Å². The average molecular weight is 419 g/mol. The summed E-state index contributed by atoms with van der Waals surface area (Å²) >= 11 is 5.99. The summed E-state index contributed by atoms with van der Waals surface area (Å²) in [5, 5.41) is 25.7. The Kier molecular flexibility index (Phi) is 5.22. The molecule has 5 atom stereocenters. The SMILES string of the molecule is B[PH]1(OCCC#N)OC[C@H]2O[C@@H](N3CNC4=C3N=C(Cl)NC4N)[C@@H](O)[C@H]2O1. The van der Waals surface area contributed by atoms with Gasteiger partial charge in [0, 0.05) is 0 Å². The summed E-state index contributed by atoms with van der Waals surface area (Å²) in [6, 6.07) is 2.01. The van der Waals surface area contributed by atoms with Crippen LogP contribution in [0.5, 0.6) is 0 Å². The number of halogens is 1. The molecule has 0 aromatic rings. The summed E-state index contributed by atoms with van der Waals surface area (Å²) in [7, 11) is -1.20. The second kappa shape index (κ2) is 7.35. The van der Waals surface area contributed by atoms with Crippen molar-refractivity contribution in [1.82, 2.24) is 15.5 Å². The van der Waals surface area contributed by atoms with E-state index < -0.39 is 38.5 Å². The zero-order chi connectivity index (χ0) is 19.2. The van der Waals surface area contributed by atoms with Crippen molar-refractivity contribution in [3.05, 3.63) is 11.5 Å². The van der Waals surface area contributed by atoms with Crippen LogP contribution in [0, 0.1) is 11.3 Å². The summed E-state index contributed by atoms with van der Waals surface area (Å²) in [6.45, 7) is 0.830. The molecule has 2 saturated heterocycles. The molecule has 4 aliphatic rings. The van der Waals surface area contributed by atoms with Gasteiger partial charge in [-0.1, -0.05) is 0 Å². The third-order valence-corrected chi connectivity index (χ3v) is 7.11. The molecule has 2 fully saturated rings. The van der Waals surface area contributed by atoms with E-state index in [0.29, 0.717) is 18.2 Å². The number of hydrogen-bond acceptors (Lipinski definition) is 11. The van der Waals surface area contributed by atoms with E-state index in [4.69, 9.17) is 40.9 Å². The summed E-state index contributed by atoms with van der Waals surface area (Å²) < 4.78 is 23.4. The van der Waals surface area contributed by atoms with Gasteiger partial charge in [-0.05, 0) is 0 Å². The van der Waals surface area contributed by atoms with Gasteiger partial charge < -0.3 is 0 Å². The van der Waals surface area contributed by atoms with E-state index in [1.54, 1.807) is 12.5 Å². The first-order valence-electron chi connectivity index (χ1n) is 8.59. The standard InChI is InChI=1S/C13H21BClN6O5P/c14-27(23-3-1-2-16)24-4-6-9(26-27)8(22)12(25-6)21-5-18-7-10(17)19-13(15)20-11(7)21/h6,8-10,12,18,22,27H,1,3-5,14,17H2,(H,19,20)/t6-,8+,9+,10?,12-/m1/s1. The van der Waals surface area contributed by atoms with Gasteiger partial charge in [0.05, 0.1) is 0 Å². The second-order valence-electron chi connectivity index (χ2n) is 6.63. The molecule has 148 valence electrons. The van der Waals surface area contributed by atoms with Crippen LogP contribution in [0.3, 0.4) is 0 Å². The summed E-state index contributed by atoms with van der Waals surface area (Å²) in [5.41, 5.74) is 6.69. The van der Waals surface area contributed by atoms with Gasteiger partial charge in [-0.15, -0.1) is 0 Å². The fourth-order valence-electron chi connectivity index (χ4n) is 3.52. The molecule has 5 N–H and O–H groups in total. The number of nitrogens with zero attached hydrogens (tertiary/aromatic N) is 3. The number of nitrogens with one attached hydrogen (secondary N) is 2. The number of rotatable bonds is 4. The normalized spacial score (nSPS) is 38.2. The number of aliphatic imine (C=N–C) groups is 1. The molecular formula is C13H21BClN6O5P. The van der Waals surface area contributed by atoms with E-state index in [1.807, 2.05) is 6.07 Å². The zero-order valence-electron chi connectivity index (χ0n) is 14.6. The number of hydrogen-bond donors (Lipinski definition) is 4. The molecule has 0 amide bonds. The number of aliphatic hydroxyl groups is 1. The molecule has 0 saturated carbocycles. The molecule has 0 bridgehead atoms. The Hall–Kier alpha value is -1.16. The Morgan fingerprint density at radius 3 is 3.19 bits per heavy atom. The number of nitrogens with two attached hydrogens (primary N) is 1. The van der Waals surface area contributed by atoms with Crippen LogP contribution in [0.25, 0.3) is 0 Å². The fourth-order valence-corrected chi connectivity index (χ4v) is 5.66. The number of ether oxygens (including phenoxy) is 1. The van der Waals surface area contributed by atoms with Crippen molar-refractivity contribution < 1.29 is 23.4 Å². The Morgan fingerprint density at radius 2 is 2.41 bits per heavy atom. The van der Waals surface area contributed by atoms with Crippen molar-refractivity contribution in [3.8, 4) is 6.07 Å². The van der Waals surface area contributed by atoms with Crippen LogP contribution < -0.4 is 16.4 Å². The second-order valence-corrected chi connectivity index (χ2v) is 9.53. The van der Waals surface area contributed by atoms with Gasteiger partial charge in [-0.2, -0.15) is 0 Å². The van der Waals surface area contributed by atoms with Crippen LogP contribution in [-0.2, 0) is 18.3 Å². The van der Waals surface area contributed by atoms with Gasteiger partial charge in [0.1, 0.15) is 0 Å². The monoisotopic (exact) mass is 418 g/mol. The number of nitriles is 1. The van der Waals surface area contributed by atoms with Gasteiger partial charge in [-0.25, -0.2) is 0 Å². The van der Waals surface area contributed by atoms with Crippen LogP contribution in [-0.4, -0.2) is 73.5 Å². The number of amidine groups is 1. The van der Waals surface area contributed by atoms with Crippen LogP contribution in [0.4, 0.5) is 0 Å². The van der Waals surface area contributed by atoms with Crippen molar-refractivity contribution in [3.63, 3.8) is 0 Å². The van der Waals surface area contributed by atoms with Gasteiger partial charge in [0.2, 0.25) is 0 Å². The molecule has 27 heavy (non-hydrogen) atoms. The van der Waals surface area contributed by atoms with Crippen molar-refractivity contribution in [2.75, 3.05) is 19.9 Å². The first-order chi connectivity index (χ1) is 12.9. The van der Waals surface area contributed by atoms with Gasteiger partial charge in [0.15, 0.2) is 0 Å². The van der Waals surface area contributed by atoms with Gasteiger partial charge in [-0.3, -0.25) is 0 Å². The fraction of sp³-hybridized carbons (Fsp3) is 0.692. The molecule has 0 aromatic carbocycles. The summed E-state index contributed by atoms with van der Waals surface area (Å²) in [5.74, 6) is 0.528.